The van der Waals surface area contributed by atoms with Crippen LogP contribution in [-0.4, -0.2) is 23.7 Å². The molecule has 0 bridgehead atoms. The van der Waals surface area contributed by atoms with E-state index >= 15 is 0 Å². The number of carbonyl (C=O) groups is 1. The molecule has 0 aromatic heterocycles. The fraction of sp³-hybridized carbons (Fsp3) is 0.190. The van der Waals surface area contributed by atoms with E-state index in [9.17, 15) is 23.1 Å². The van der Waals surface area contributed by atoms with Gasteiger partial charge >= 0.3 is 6.18 Å². The van der Waals surface area contributed by atoms with Gasteiger partial charge in [-0.05, 0) is 35.4 Å². The molecule has 3 aromatic rings. The Balaban J connectivity index is 2.30. The van der Waals surface area contributed by atoms with Gasteiger partial charge in [-0.25, -0.2) is 0 Å². The van der Waals surface area contributed by atoms with E-state index in [4.69, 9.17) is 0 Å². The fourth-order valence-corrected chi connectivity index (χ4v) is 3.06. The predicted octanol–water partition coefficient (Wildman–Crippen LogP) is 4.64. The van der Waals surface area contributed by atoms with Crippen LogP contribution in [0.5, 0.6) is 0 Å². The maximum Gasteiger partial charge on any atom is 0.417 e. The predicted molar refractivity (Wildman–Crippen MR) is 98.4 cm³/mol. The van der Waals surface area contributed by atoms with E-state index in [1.54, 1.807) is 43.3 Å². The van der Waals surface area contributed by atoms with E-state index in [-0.39, 0.29) is 17.6 Å². The van der Waals surface area contributed by atoms with Gasteiger partial charge < -0.3 is 10.4 Å². The number of halogens is 3. The summed E-state index contributed by atoms with van der Waals surface area (Å²) in [5.41, 5.74) is 0.590. The third kappa shape index (κ3) is 3.80. The molecule has 1 unspecified atom stereocenters. The molecule has 0 aliphatic carbocycles. The monoisotopic (exact) mass is 373 g/mol. The molecule has 6 heteroatoms. The molecule has 1 atom stereocenters. The second-order valence-electron chi connectivity index (χ2n) is 6.31. The average molecular weight is 373 g/mol. The number of hydrogen-bond acceptors (Lipinski definition) is 2. The van der Waals surface area contributed by atoms with Crippen LogP contribution in [0.1, 0.15) is 22.8 Å². The van der Waals surface area contributed by atoms with Crippen LogP contribution in [0.25, 0.3) is 21.9 Å². The largest absolute Gasteiger partial charge is 0.417 e. The number of fused-ring (bicyclic) bond motifs is 1. The summed E-state index contributed by atoms with van der Waals surface area (Å²) in [6.45, 7) is 1.40. The highest BCUT2D eigenvalue weighted by Gasteiger charge is 2.33. The number of aliphatic hydroxyl groups excluding tert-OH is 1. The van der Waals surface area contributed by atoms with E-state index in [0.29, 0.717) is 16.5 Å². The molecule has 0 heterocycles. The quantitative estimate of drug-likeness (QED) is 0.700. The molecule has 1 amide bonds. The van der Waals surface area contributed by atoms with E-state index < -0.39 is 23.7 Å². The van der Waals surface area contributed by atoms with Gasteiger partial charge in [-0.2, -0.15) is 13.2 Å². The average Bonchev–Trinajstić information content (AvgIpc) is 2.66. The minimum Gasteiger partial charge on any atom is -0.394 e. The molecule has 3 aromatic carbocycles. The van der Waals surface area contributed by atoms with Crippen molar-refractivity contribution in [2.75, 3.05) is 6.61 Å². The summed E-state index contributed by atoms with van der Waals surface area (Å²) in [5.74, 6) is -0.449. The van der Waals surface area contributed by atoms with E-state index in [0.717, 1.165) is 6.07 Å². The molecular weight excluding hydrogens is 355 g/mol. The van der Waals surface area contributed by atoms with Crippen LogP contribution in [0.3, 0.4) is 0 Å². The third-order valence-electron chi connectivity index (χ3n) is 4.33. The molecule has 0 spiro atoms. The SMILES string of the molecule is CC(CO)NC(=O)c1ccc2c(C(F)(F)F)cccc2c1-c1ccccc1. The molecular formula is C21H18F3NO2. The zero-order valence-corrected chi connectivity index (χ0v) is 14.5. The molecule has 0 aliphatic heterocycles. The zero-order valence-electron chi connectivity index (χ0n) is 14.5. The number of alkyl halides is 3. The molecule has 0 saturated heterocycles. The molecule has 0 aliphatic rings. The molecule has 140 valence electrons. The summed E-state index contributed by atoms with van der Waals surface area (Å²) in [6.07, 6.45) is -4.50. The Morgan fingerprint density at radius 2 is 1.70 bits per heavy atom. The minimum absolute atomic E-state index is 0.0376. The van der Waals surface area contributed by atoms with Crippen molar-refractivity contribution in [3.8, 4) is 11.1 Å². The Hall–Kier alpha value is -2.86. The van der Waals surface area contributed by atoms with Crippen molar-refractivity contribution in [1.29, 1.82) is 0 Å². The van der Waals surface area contributed by atoms with Crippen molar-refractivity contribution in [2.24, 2.45) is 0 Å². The summed E-state index contributed by atoms with van der Waals surface area (Å²) >= 11 is 0. The van der Waals surface area contributed by atoms with Gasteiger partial charge in [-0.1, -0.05) is 48.5 Å². The molecule has 2 N–H and O–H groups in total. The Labute approximate surface area is 154 Å². The van der Waals surface area contributed by atoms with Crippen LogP contribution in [0, 0.1) is 0 Å². The number of benzene rings is 3. The van der Waals surface area contributed by atoms with Crippen molar-refractivity contribution in [3.05, 3.63) is 71.8 Å². The lowest BCUT2D eigenvalue weighted by atomic mass is 9.91. The van der Waals surface area contributed by atoms with Crippen molar-refractivity contribution in [2.45, 2.75) is 19.1 Å². The number of rotatable bonds is 4. The van der Waals surface area contributed by atoms with E-state index in [1.165, 1.54) is 18.2 Å². The van der Waals surface area contributed by atoms with Crippen LogP contribution >= 0.6 is 0 Å². The Morgan fingerprint density at radius 1 is 1.00 bits per heavy atom. The van der Waals surface area contributed by atoms with Gasteiger partial charge in [0.1, 0.15) is 0 Å². The first kappa shape index (κ1) is 18.9. The molecule has 0 fully saturated rings. The first-order valence-electron chi connectivity index (χ1n) is 8.43. The number of hydrogen-bond donors (Lipinski definition) is 2. The van der Waals surface area contributed by atoms with Gasteiger partial charge in [-0.3, -0.25) is 4.79 Å². The summed E-state index contributed by atoms with van der Waals surface area (Å²) in [4.78, 5) is 12.7. The number of carbonyl (C=O) groups excluding carboxylic acids is 1. The van der Waals surface area contributed by atoms with E-state index in [2.05, 4.69) is 5.32 Å². The highest BCUT2D eigenvalue weighted by Crippen LogP contribution is 2.39. The van der Waals surface area contributed by atoms with Crippen LogP contribution in [0.15, 0.2) is 60.7 Å². The van der Waals surface area contributed by atoms with Gasteiger partial charge in [0.25, 0.3) is 5.91 Å². The van der Waals surface area contributed by atoms with Gasteiger partial charge in [-0.15, -0.1) is 0 Å². The summed E-state index contributed by atoms with van der Waals surface area (Å²) < 4.78 is 40.3. The van der Waals surface area contributed by atoms with Crippen LogP contribution in [0.2, 0.25) is 0 Å². The Morgan fingerprint density at radius 3 is 2.33 bits per heavy atom. The summed E-state index contributed by atoms with van der Waals surface area (Å²) in [5, 5.41) is 12.2. The smallest absolute Gasteiger partial charge is 0.394 e. The van der Waals surface area contributed by atoms with Gasteiger partial charge in [0.15, 0.2) is 0 Å². The van der Waals surface area contributed by atoms with Crippen molar-refractivity contribution in [1.82, 2.24) is 5.32 Å². The van der Waals surface area contributed by atoms with Crippen LogP contribution in [0.4, 0.5) is 13.2 Å². The number of nitrogens with one attached hydrogen (secondary N) is 1. The molecule has 0 radical (unpaired) electrons. The second-order valence-corrected chi connectivity index (χ2v) is 6.31. The Kier molecular flexibility index (Phi) is 5.19. The summed E-state index contributed by atoms with van der Waals surface area (Å²) in [7, 11) is 0. The fourth-order valence-electron chi connectivity index (χ4n) is 3.06. The summed E-state index contributed by atoms with van der Waals surface area (Å²) in [6, 6.07) is 15.0. The van der Waals surface area contributed by atoms with Crippen molar-refractivity contribution < 1.29 is 23.1 Å². The molecule has 0 saturated carbocycles. The third-order valence-corrected chi connectivity index (χ3v) is 4.33. The van der Waals surface area contributed by atoms with E-state index in [1.807, 2.05) is 0 Å². The van der Waals surface area contributed by atoms with Crippen molar-refractivity contribution >= 4 is 16.7 Å². The lowest BCUT2D eigenvalue weighted by Crippen LogP contribution is -2.35. The highest BCUT2D eigenvalue weighted by atomic mass is 19.4. The second kappa shape index (κ2) is 7.40. The number of amides is 1. The lowest BCUT2D eigenvalue weighted by molar-refractivity contribution is -0.136. The van der Waals surface area contributed by atoms with Gasteiger partial charge in [0.2, 0.25) is 0 Å². The zero-order chi connectivity index (χ0) is 19.6. The maximum atomic E-state index is 13.4. The minimum atomic E-state index is -4.50. The highest BCUT2D eigenvalue weighted by molar-refractivity contribution is 6.10. The van der Waals surface area contributed by atoms with Crippen LogP contribution in [-0.2, 0) is 6.18 Å². The van der Waals surface area contributed by atoms with Crippen LogP contribution < -0.4 is 5.32 Å². The first-order chi connectivity index (χ1) is 12.8. The topological polar surface area (TPSA) is 49.3 Å². The van der Waals surface area contributed by atoms with Gasteiger partial charge in [0, 0.05) is 17.2 Å². The maximum absolute atomic E-state index is 13.4. The standard InChI is InChI=1S/C21H18F3NO2/c1-13(12-26)25-20(27)17-11-10-15-16(8-5-9-18(15)21(22,23)24)19(17)14-6-3-2-4-7-14/h2-11,13,26H,12H2,1H3,(H,25,27). The molecule has 3 nitrogen and oxygen atoms in total. The lowest BCUT2D eigenvalue weighted by Gasteiger charge is -2.18. The normalized spacial score (nSPS) is 12.8. The Bertz CT molecular complexity index is 968. The first-order valence-corrected chi connectivity index (χ1v) is 8.43. The van der Waals surface area contributed by atoms with Crippen molar-refractivity contribution in [3.63, 3.8) is 0 Å². The number of aliphatic hydroxyl groups is 1. The molecule has 3 rings (SSSR count). The van der Waals surface area contributed by atoms with Gasteiger partial charge in [0.05, 0.1) is 12.2 Å². The molecule has 27 heavy (non-hydrogen) atoms.